The maximum Gasteiger partial charge on any atom is 0.224 e. The van der Waals surface area contributed by atoms with Crippen LogP contribution in [0.1, 0.15) is 5.56 Å². The van der Waals surface area contributed by atoms with E-state index >= 15 is 0 Å². The van der Waals surface area contributed by atoms with E-state index < -0.39 is 0 Å². The Labute approximate surface area is 93.9 Å². The standard InChI is InChI=1S/C10H15N3O3/c1-14-9-8(3-11-7-4-16-5-7)10(15-2)13-6-12-9/h6-7,11H,3-5H2,1-2H3. The molecular formula is C10H15N3O3. The molecule has 16 heavy (non-hydrogen) atoms. The Bertz CT molecular complexity index is 333. The van der Waals surface area contributed by atoms with Crippen LogP contribution in [-0.2, 0) is 11.3 Å². The van der Waals surface area contributed by atoms with Crippen LogP contribution in [0.25, 0.3) is 0 Å². The van der Waals surface area contributed by atoms with Crippen LogP contribution in [-0.4, -0.2) is 43.4 Å². The predicted octanol–water partition coefficient (Wildman–Crippen LogP) is -0.0178. The summed E-state index contributed by atoms with van der Waals surface area (Å²) in [6, 6.07) is 0.398. The van der Waals surface area contributed by atoms with Gasteiger partial charge in [0.1, 0.15) is 6.33 Å². The molecule has 1 N–H and O–H groups in total. The number of aromatic nitrogens is 2. The molecule has 1 aromatic rings. The Morgan fingerprint density at radius 3 is 2.38 bits per heavy atom. The molecule has 0 saturated carbocycles. The molecule has 0 aliphatic carbocycles. The average molecular weight is 225 g/mol. The maximum atomic E-state index is 5.17. The van der Waals surface area contributed by atoms with E-state index in [0.717, 1.165) is 18.8 Å². The van der Waals surface area contributed by atoms with Crippen LogP contribution in [0.15, 0.2) is 6.33 Å². The van der Waals surface area contributed by atoms with Gasteiger partial charge in [0.15, 0.2) is 0 Å². The first-order valence-corrected chi connectivity index (χ1v) is 5.08. The van der Waals surface area contributed by atoms with Crippen molar-refractivity contribution < 1.29 is 14.2 Å². The van der Waals surface area contributed by atoms with Crippen LogP contribution in [0.3, 0.4) is 0 Å². The molecule has 88 valence electrons. The van der Waals surface area contributed by atoms with Crippen LogP contribution in [0, 0.1) is 0 Å². The van der Waals surface area contributed by atoms with E-state index in [2.05, 4.69) is 15.3 Å². The summed E-state index contributed by atoms with van der Waals surface area (Å²) in [4.78, 5) is 8.09. The highest BCUT2D eigenvalue weighted by molar-refractivity contribution is 5.34. The van der Waals surface area contributed by atoms with E-state index in [4.69, 9.17) is 14.2 Å². The molecule has 1 aromatic heterocycles. The Morgan fingerprint density at radius 1 is 1.31 bits per heavy atom. The lowest BCUT2D eigenvalue weighted by atomic mass is 10.2. The predicted molar refractivity (Wildman–Crippen MR) is 56.6 cm³/mol. The van der Waals surface area contributed by atoms with Crippen molar-refractivity contribution >= 4 is 0 Å². The molecular weight excluding hydrogens is 210 g/mol. The first-order chi connectivity index (χ1) is 7.85. The number of nitrogens with zero attached hydrogens (tertiary/aromatic N) is 2. The highest BCUT2D eigenvalue weighted by atomic mass is 16.5. The lowest BCUT2D eigenvalue weighted by molar-refractivity contribution is -0.00595. The van der Waals surface area contributed by atoms with E-state index in [0.29, 0.717) is 24.3 Å². The first kappa shape index (κ1) is 11.1. The summed E-state index contributed by atoms with van der Waals surface area (Å²) < 4.78 is 15.4. The van der Waals surface area contributed by atoms with Gasteiger partial charge in [0.2, 0.25) is 11.8 Å². The summed E-state index contributed by atoms with van der Waals surface area (Å²) in [5.41, 5.74) is 0.833. The second kappa shape index (κ2) is 5.09. The fourth-order valence-electron chi connectivity index (χ4n) is 1.48. The highest BCUT2D eigenvalue weighted by Gasteiger charge is 2.20. The van der Waals surface area contributed by atoms with Crippen LogP contribution >= 0.6 is 0 Å². The quantitative estimate of drug-likeness (QED) is 0.760. The lowest BCUT2D eigenvalue weighted by Gasteiger charge is -2.27. The van der Waals surface area contributed by atoms with Crippen LogP contribution in [0.5, 0.6) is 11.8 Å². The molecule has 0 amide bonds. The van der Waals surface area contributed by atoms with Gasteiger partial charge in [-0.15, -0.1) is 0 Å². The van der Waals surface area contributed by atoms with Gasteiger partial charge >= 0.3 is 0 Å². The monoisotopic (exact) mass is 225 g/mol. The highest BCUT2D eigenvalue weighted by Crippen LogP contribution is 2.23. The SMILES string of the molecule is COc1ncnc(OC)c1CNC1COC1. The number of rotatable bonds is 5. The van der Waals surface area contributed by atoms with Gasteiger partial charge < -0.3 is 19.5 Å². The minimum atomic E-state index is 0.398. The minimum absolute atomic E-state index is 0.398. The molecule has 1 fully saturated rings. The van der Waals surface area contributed by atoms with Crippen molar-refractivity contribution in [2.45, 2.75) is 12.6 Å². The Kier molecular flexibility index (Phi) is 3.53. The van der Waals surface area contributed by atoms with Crippen molar-refractivity contribution in [1.82, 2.24) is 15.3 Å². The molecule has 0 radical (unpaired) electrons. The van der Waals surface area contributed by atoms with E-state index in [-0.39, 0.29) is 0 Å². The van der Waals surface area contributed by atoms with Crippen LogP contribution in [0.2, 0.25) is 0 Å². The zero-order valence-corrected chi connectivity index (χ0v) is 9.40. The molecule has 2 rings (SSSR count). The van der Waals surface area contributed by atoms with Gasteiger partial charge in [-0.05, 0) is 0 Å². The number of nitrogens with one attached hydrogen (secondary N) is 1. The smallest absolute Gasteiger partial charge is 0.224 e. The Hall–Kier alpha value is -1.40. The third kappa shape index (κ3) is 2.23. The van der Waals surface area contributed by atoms with Gasteiger partial charge in [0.05, 0.1) is 39.0 Å². The number of methoxy groups -OCH3 is 2. The van der Waals surface area contributed by atoms with Gasteiger partial charge in [-0.2, -0.15) is 0 Å². The van der Waals surface area contributed by atoms with E-state index in [1.165, 1.54) is 6.33 Å². The first-order valence-electron chi connectivity index (χ1n) is 5.08. The normalized spacial score (nSPS) is 15.6. The molecule has 1 aliphatic heterocycles. The zero-order valence-electron chi connectivity index (χ0n) is 9.40. The van der Waals surface area contributed by atoms with Crippen molar-refractivity contribution in [3.05, 3.63) is 11.9 Å². The zero-order chi connectivity index (χ0) is 11.4. The minimum Gasteiger partial charge on any atom is -0.481 e. The van der Waals surface area contributed by atoms with Gasteiger partial charge in [0.25, 0.3) is 0 Å². The summed E-state index contributed by atoms with van der Waals surface area (Å²) in [7, 11) is 3.16. The summed E-state index contributed by atoms with van der Waals surface area (Å²) in [5, 5.41) is 3.32. The second-order valence-electron chi connectivity index (χ2n) is 3.49. The van der Waals surface area contributed by atoms with Crippen LogP contribution < -0.4 is 14.8 Å². The Morgan fingerprint density at radius 2 is 1.94 bits per heavy atom. The number of ether oxygens (including phenoxy) is 3. The molecule has 0 aromatic carbocycles. The van der Waals surface area contributed by atoms with Crippen molar-refractivity contribution in [3.63, 3.8) is 0 Å². The molecule has 2 heterocycles. The van der Waals surface area contributed by atoms with E-state index in [1.54, 1.807) is 14.2 Å². The maximum absolute atomic E-state index is 5.17. The number of hydrogen-bond acceptors (Lipinski definition) is 6. The Balaban J connectivity index is 2.08. The molecule has 6 nitrogen and oxygen atoms in total. The molecule has 1 aliphatic rings. The van der Waals surface area contributed by atoms with Crippen molar-refractivity contribution in [2.75, 3.05) is 27.4 Å². The summed E-state index contributed by atoms with van der Waals surface area (Å²) in [6.45, 7) is 2.11. The van der Waals surface area contributed by atoms with Crippen LogP contribution in [0.4, 0.5) is 0 Å². The van der Waals surface area contributed by atoms with Gasteiger partial charge in [-0.3, -0.25) is 0 Å². The average Bonchev–Trinajstić information content (AvgIpc) is 2.27. The molecule has 0 spiro atoms. The van der Waals surface area contributed by atoms with Crippen molar-refractivity contribution in [2.24, 2.45) is 0 Å². The molecule has 6 heteroatoms. The van der Waals surface area contributed by atoms with Gasteiger partial charge in [-0.1, -0.05) is 0 Å². The third-order valence-electron chi connectivity index (χ3n) is 2.46. The fourth-order valence-corrected chi connectivity index (χ4v) is 1.48. The summed E-state index contributed by atoms with van der Waals surface area (Å²) >= 11 is 0. The molecule has 0 bridgehead atoms. The molecule has 0 unspecified atom stereocenters. The number of hydrogen-bond donors (Lipinski definition) is 1. The topological polar surface area (TPSA) is 65.5 Å². The summed E-state index contributed by atoms with van der Waals surface area (Å²) in [6.07, 6.45) is 1.42. The third-order valence-corrected chi connectivity index (χ3v) is 2.46. The van der Waals surface area contributed by atoms with E-state index in [9.17, 15) is 0 Å². The van der Waals surface area contributed by atoms with Crippen molar-refractivity contribution in [3.8, 4) is 11.8 Å². The van der Waals surface area contributed by atoms with Crippen molar-refractivity contribution in [1.29, 1.82) is 0 Å². The van der Waals surface area contributed by atoms with E-state index in [1.807, 2.05) is 0 Å². The van der Waals surface area contributed by atoms with Gasteiger partial charge in [0, 0.05) is 6.54 Å². The van der Waals surface area contributed by atoms with Gasteiger partial charge in [-0.25, -0.2) is 9.97 Å². The molecule has 0 atom stereocenters. The lowest BCUT2D eigenvalue weighted by Crippen LogP contribution is -2.45. The second-order valence-corrected chi connectivity index (χ2v) is 3.49. The fraction of sp³-hybridized carbons (Fsp3) is 0.600. The largest absolute Gasteiger partial charge is 0.481 e. The molecule has 1 saturated heterocycles. The summed E-state index contributed by atoms with van der Waals surface area (Å²) in [5.74, 6) is 1.08.